The molecule has 7 nitrogen and oxygen atoms in total. The van der Waals surface area contributed by atoms with Gasteiger partial charge in [-0.1, -0.05) is 0 Å². The second kappa shape index (κ2) is 8.27. The van der Waals surface area contributed by atoms with Crippen LogP contribution in [0.2, 0.25) is 0 Å². The summed E-state index contributed by atoms with van der Waals surface area (Å²) in [7, 11) is -2.45. The lowest BCUT2D eigenvalue weighted by atomic mass is 10.0. The average molecular weight is 452 g/mol. The number of ether oxygens (including phenoxy) is 1. The van der Waals surface area contributed by atoms with E-state index in [2.05, 4.69) is 0 Å². The van der Waals surface area contributed by atoms with E-state index in [1.165, 1.54) is 49.8 Å². The van der Waals surface area contributed by atoms with Crippen molar-refractivity contribution in [3.63, 3.8) is 0 Å². The van der Waals surface area contributed by atoms with Crippen LogP contribution in [0.3, 0.4) is 0 Å². The monoisotopic (exact) mass is 452 g/mol. The fourth-order valence-electron chi connectivity index (χ4n) is 3.40. The van der Waals surface area contributed by atoms with Crippen molar-refractivity contribution in [3.05, 3.63) is 54.2 Å². The van der Waals surface area contributed by atoms with Crippen LogP contribution in [-0.4, -0.2) is 42.2 Å². The van der Waals surface area contributed by atoms with Crippen LogP contribution in [0.25, 0.3) is 22.0 Å². The van der Waals surface area contributed by atoms with Crippen LogP contribution in [0.15, 0.2) is 42.6 Å². The molecule has 2 aromatic carbocycles. The quantitative estimate of drug-likeness (QED) is 0.424. The van der Waals surface area contributed by atoms with Crippen molar-refractivity contribution in [2.75, 3.05) is 13.4 Å². The van der Waals surface area contributed by atoms with Crippen molar-refractivity contribution in [1.82, 2.24) is 10.0 Å². The molecule has 166 valence electrons. The summed E-state index contributed by atoms with van der Waals surface area (Å²) in [5.74, 6) is -1.99. The fraction of sp³-hybridized carbons (Fsp3) is 0.286. The number of nitrogens with zero attached hydrogens (tertiary/aromatic N) is 1. The molecule has 1 atom stereocenters. The van der Waals surface area contributed by atoms with Gasteiger partial charge in [0, 0.05) is 41.6 Å². The maximum atomic E-state index is 15.2. The van der Waals surface area contributed by atoms with Crippen LogP contribution in [-0.2, 0) is 21.2 Å². The highest BCUT2D eigenvalue weighted by Crippen LogP contribution is 2.33. The molecule has 0 bridgehead atoms. The summed E-state index contributed by atoms with van der Waals surface area (Å²) < 4.78 is 58.5. The third-order valence-electron chi connectivity index (χ3n) is 5.58. The maximum Gasteiger partial charge on any atom is 0.264 e. The summed E-state index contributed by atoms with van der Waals surface area (Å²) in [5.41, 5.74) is 2.01. The number of hydrogen-bond acceptors (Lipinski definition) is 5. The van der Waals surface area contributed by atoms with Crippen molar-refractivity contribution in [2.45, 2.75) is 24.6 Å². The lowest BCUT2D eigenvalue weighted by Gasteiger charge is -2.25. The Balaban J connectivity index is 1.97. The lowest BCUT2D eigenvalue weighted by molar-refractivity contribution is -0.131. The molecule has 3 aromatic rings. The minimum atomic E-state index is -3.86. The Hall–Kier alpha value is -2.98. The number of aryl methyl sites for hydroxylation is 1. The molecule has 2 N–H and O–H groups in total. The van der Waals surface area contributed by atoms with Gasteiger partial charge >= 0.3 is 0 Å². The van der Waals surface area contributed by atoms with Crippen LogP contribution in [0, 0.1) is 11.6 Å². The molecule has 10 heteroatoms. The van der Waals surface area contributed by atoms with Gasteiger partial charge in [-0.3, -0.25) is 10.0 Å². The Morgan fingerprint density at radius 1 is 1.19 bits per heavy atom. The van der Waals surface area contributed by atoms with E-state index >= 15 is 4.39 Å². The molecule has 0 aliphatic heterocycles. The standard InChI is InChI=1S/C21H22F2N2O5S/c1-21(20(26)24-27,31(3,28)29)9-11-25-10-8-16-18(25)7-6-15(19(16)23)14-5-4-13(30-2)12-17(14)22/h4-8,10,12,27H,9,11H2,1-3H3,(H,24,26). The van der Waals surface area contributed by atoms with Gasteiger partial charge in [0.1, 0.15) is 17.4 Å². The molecule has 0 aliphatic rings. The van der Waals surface area contributed by atoms with Crippen molar-refractivity contribution < 1.29 is 31.9 Å². The Morgan fingerprint density at radius 2 is 1.87 bits per heavy atom. The molecule has 0 aliphatic carbocycles. The van der Waals surface area contributed by atoms with Crippen LogP contribution < -0.4 is 10.2 Å². The number of amides is 1. The Labute approximate surface area is 178 Å². The number of fused-ring (bicyclic) bond motifs is 1. The van der Waals surface area contributed by atoms with E-state index in [1.54, 1.807) is 16.8 Å². The lowest BCUT2D eigenvalue weighted by Crippen LogP contribution is -2.49. The number of carbonyl (C=O) groups excluding carboxylic acids is 1. The third kappa shape index (κ3) is 4.00. The molecule has 0 saturated heterocycles. The zero-order chi connectivity index (χ0) is 23.0. The Morgan fingerprint density at radius 3 is 2.45 bits per heavy atom. The van der Waals surface area contributed by atoms with Crippen LogP contribution in [0.5, 0.6) is 5.75 Å². The molecule has 1 heterocycles. The fourth-order valence-corrected chi connectivity index (χ4v) is 4.24. The van der Waals surface area contributed by atoms with E-state index in [0.717, 1.165) is 6.26 Å². The largest absolute Gasteiger partial charge is 0.497 e. The van der Waals surface area contributed by atoms with Gasteiger partial charge in [0.15, 0.2) is 14.6 Å². The number of carbonyl (C=O) groups is 1. The Bertz CT molecular complexity index is 1260. The molecule has 1 aromatic heterocycles. The van der Waals surface area contributed by atoms with Gasteiger partial charge in [0.25, 0.3) is 5.91 Å². The third-order valence-corrected chi connectivity index (χ3v) is 7.61. The van der Waals surface area contributed by atoms with E-state index < -0.39 is 32.1 Å². The van der Waals surface area contributed by atoms with E-state index in [-0.39, 0.29) is 29.5 Å². The number of halogens is 2. The Kier molecular flexibility index (Phi) is 6.06. The summed E-state index contributed by atoms with van der Waals surface area (Å²) in [6.07, 6.45) is 2.31. The number of benzene rings is 2. The van der Waals surface area contributed by atoms with Crippen molar-refractivity contribution >= 4 is 26.6 Å². The summed E-state index contributed by atoms with van der Waals surface area (Å²) in [5, 5.41) is 9.16. The number of rotatable bonds is 7. The molecule has 31 heavy (non-hydrogen) atoms. The molecule has 1 unspecified atom stereocenters. The number of aromatic nitrogens is 1. The number of methoxy groups -OCH3 is 1. The molecule has 3 rings (SSSR count). The van der Waals surface area contributed by atoms with Gasteiger partial charge in [-0.25, -0.2) is 22.7 Å². The smallest absolute Gasteiger partial charge is 0.264 e. The summed E-state index contributed by atoms with van der Waals surface area (Å²) in [6.45, 7) is 1.28. The molecular weight excluding hydrogens is 430 g/mol. The normalized spacial score (nSPS) is 13.7. The molecule has 0 saturated carbocycles. The molecule has 1 amide bonds. The van der Waals surface area contributed by atoms with Gasteiger partial charge in [-0.2, -0.15) is 0 Å². The van der Waals surface area contributed by atoms with Gasteiger partial charge in [-0.05, 0) is 43.7 Å². The highest BCUT2D eigenvalue weighted by molar-refractivity contribution is 7.92. The zero-order valence-corrected chi connectivity index (χ0v) is 18.0. The first-order valence-electron chi connectivity index (χ1n) is 9.29. The number of nitrogens with one attached hydrogen (secondary N) is 1. The first-order valence-corrected chi connectivity index (χ1v) is 11.2. The average Bonchev–Trinajstić information content (AvgIpc) is 3.15. The molecule has 0 spiro atoms. The number of hydroxylamine groups is 1. The molecular formula is C21H22F2N2O5S. The number of sulfone groups is 1. The van der Waals surface area contributed by atoms with Crippen LogP contribution >= 0.6 is 0 Å². The van der Waals surface area contributed by atoms with Gasteiger partial charge < -0.3 is 9.30 Å². The molecule has 0 radical (unpaired) electrons. The van der Waals surface area contributed by atoms with Gasteiger partial charge in [-0.15, -0.1) is 0 Å². The maximum absolute atomic E-state index is 15.2. The predicted octanol–water partition coefficient (Wildman–Crippen LogP) is 3.29. The summed E-state index contributed by atoms with van der Waals surface area (Å²) >= 11 is 0. The highest BCUT2D eigenvalue weighted by Gasteiger charge is 2.43. The summed E-state index contributed by atoms with van der Waals surface area (Å²) in [4.78, 5) is 12.0. The van der Waals surface area contributed by atoms with E-state index in [1.807, 2.05) is 0 Å². The van der Waals surface area contributed by atoms with Crippen molar-refractivity contribution in [2.24, 2.45) is 0 Å². The minimum Gasteiger partial charge on any atom is -0.497 e. The van der Waals surface area contributed by atoms with E-state index in [0.29, 0.717) is 11.3 Å². The predicted molar refractivity (Wildman–Crippen MR) is 112 cm³/mol. The summed E-state index contributed by atoms with van der Waals surface area (Å²) in [6, 6.07) is 8.67. The topological polar surface area (TPSA) is 97.6 Å². The van der Waals surface area contributed by atoms with E-state index in [4.69, 9.17) is 9.94 Å². The zero-order valence-electron chi connectivity index (χ0n) is 17.1. The van der Waals surface area contributed by atoms with Crippen LogP contribution in [0.1, 0.15) is 13.3 Å². The van der Waals surface area contributed by atoms with Crippen molar-refractivity contribution in [3.8, 4) is 16.9 Å². The number of hydrogen-bond donors (Lipinski definition) is 2. The van der Waals surface area contributed by atoms with Gasteiger partial charge in [0.05, 0.1) is 12.6 Å². The van der Waals surface area contributed by atoms with E-state index in [9.17, 15) is 17.6 Å². The molecule has 0 fully saturated rings. The minimum absolute atomic E-state index is 0.0656. The first-order chi connectivity index (χ1) is 14.5. The van der Waals surface area contributed by atoms with Crippen LogP contribution in [0.4, 0.5) is 8.78 Å². The second-order valence-electron chi connectivity index (χ2n) is 7.41. The second-order valence-corrected chi connectivity index (χ2v) is 9.85. The SMILES string of the molecule is COc1ccc(-c2ccc3c(ccn3CCC(C)(C(=O)NO)S(C)(=O)=O)c2F)c(F)c1. The highest BCUT2D eigenvalue weighted by atomic mass is 32.2. The van der Waals surface area contributed by atoms with Gasteiger partial charge in [0.2, 0.25) is 0 Å². The first kappa shape index (κ1) is 22.7. The van der Waals surface area contributed by atoms with Crippen molar-refractivity contribution in [1.29, 1.82) is 0 Å².